The van der Waals surface area contributed by atoms with Crippen molar-refractivity contribution in [1.29, 1.82) is 0 Å². The van der Waals surface area contributed by atoms with Crippen LogP contribution in [0.1, 0.15) is 13.8 Å². The van der Waals surface area contributed by atoms with Gasteiger partial charge in [-0.05, 0) is 26.0 Å². The molecular formula is C14H20N2O. The van der Waals surface area contributed by atoms with Gasteiger partial charge in [0.2, 0.25) is 5.91 Å². The van der Waals surface area contributed by atoms with Crippen LogP contribution in [0.4, 0.5) is 5.69 Å². The van der Waals surface area contributed by atoms with Gasteiger partial charge in [0.05, 0.1) is 0 Å². The van der Waals surface area contributed by atoms with Crippen LogP contribution in [-0.2, 0) is 4.79 Å². The van der Waals surface area contributed by atoms with Gasteiger partial charge in [0, 0.05) is 30.9 Å². The van der Waals surface area contributed by atoms with Crippen molar-refractivity contribution in [2.45, 2.75) is 13.8 Å². The summed E-state index contributed by atoms with van der Waals surface area (Å²) in [5.41, 5.74) is 1.73. The second-order valence-corrected chi connectivity index (χ2v) is 3.95. The number of anilines is 1. The molecule has 0 radical (unpaired) electrons. The minimum Gasteiger partial charge on any atom is -0.370 e. The zero-order valence-corrected chi connectivity index (χ0v) is 10.6. The van der Waals surface area contributed by atoms with E-state index in [1.807, 2.05) is 18.2 Å². The van der Waals surface area contributed by atoms with Crippen LogP contribution in [0.15, 0.2) is 42.5 Å². The largest absolute Gasteiger partial charge is 0.370 e. The van der Waals surface area contributed by atoms with Crippen LogP contribution in [0.25, 0.3) is 0 Å². The lowest BCUT2D eigenvalue weighted by molar-refractivity contribution is -0.117. The third-order valence-electron chi connectivity index (χ3n) is 2.56. The maximum absolute atomic E-state index is 11.3. The number of para-hydroxylation sites is 1. The Hall–Kier alpha value is -1.77. The van der Waals surface area contributed by atoms with Gasteiger partial charge < -0.3 is 10.2 Å². The number of nitrogens with zero attached hydrogens (tertiary/aromatic N) is 1. The first-order valence-corrected chi connectivity index (χ1v) is 5.89. The fraction of sp³-hybridized carbons (Fsp3) is 0.357. The number of amides is 1. The van der Waals surface area contributed by atoms with E-state index in [2.05, 4.69) is 35.9 Å². The molecule has 17 heavy (non-hydrogen) atoms. The maximum Gasteiger partial charge on any atom is 0.246 e. The number of rotatable bonds is 6. The highest BCUT2D eigenvalue weighted by Gasteiger charge is 2.04. The molecule has 1 N–H and O–H groups in total. The molecule has 0 heterocycles. The lowest BCUT2D eigenvalue weighted by Crippen LogP contribution is -2.35. The quantitative estimate of drug-likeness (QED) is 0.763. The zero-order chi connectivity index (χ0) is 12.7. The molecule has 1 aromatic carbocycles. The van der Waals surface area contributed by atoms with Crippen molar-refractivity contribution in [1.82, 2.24) is 5.32 Å². The number of carbonyl (C=O) groups is 1. The summed E-state index contributed by atoms with van der Waals surface area (Å²) >= 11 is 0. The molecule has 1 rings (SSSR count). The van der Waals surface area contributed by atoms with Gasteiger partial charge in [-0.1, -0.05) is 24.8 Å². The van der Waals surface area contributed by atoms with Crippen molar-refractivity contribution >= 4 is 11.6 Å². The zero-order valence-electron chi connectivity index (χ0n) is 10.6. The van der Waals surface area contributed by atoms with E-state index in [1.165, 1.54) is 5.69 Å². The summed E-state index contributed by atoms with van der Waals surface area (Å²) < 4.78 is 0. The summed E-state index contributed by atoms with van der Waals surface area (Å²) in [5.74, 6) is -0.0749. The standard InChI is InChI=1S/C14H20N2O/c1-4-16(13-8-6-5-7-9-13)11-10-15-14(17)12(2)3/h5-9H,2,4,10-11H2,1,3H3,(H,15,17). The molecule has 92 valence electrons. The van der Waals surface area contributed by atoms with Crippen LogP contribution in [0, 0.1) is 0 Å². The Labute approximate surface area is 103 Å². The number of hydrogen-bond acceptors (Lipinski definition) is 2. The van der Waals surface area contributed by atoms with Crippen LogP contribution in [0.3, 0.4) is 0 Å². The third-order valence-corrected chi connectivity index (χ3v) is 2.56. The molecule has 1 amide bonds. The molecule has 0 atom stereocenters. The van der Waals surface area contributed by atoms with E-state index in [4.69, 9.17) is 0 Å². The minimum absolute atomic E-state index is 0.0749. The van der Waals surface area contributed by atoms with Crippen LogP contribution >= 0.6 is 0 Å². The predicted octanol–water partition coefficient (Wildman–Crippen LogP) is 2.21. The second kappa shape index (κ2) is 6.74. The monoisotopic (exact) mass is 232 g/mol. The van der Waals surface area contributed by atoms with Gasteiger partial charge in [0.1, 0.15) is 0 Å². The van der Waals surface area contributed by atoms with Gasteiger partial charge >= 0.3 is 0 Å². The lowest BCUT2D eigenvalue weighted by atomic mass is 10.3. The van der Waals surface area contributed by atoms with E-state index in [9.17, 15) is 4.79 Å². The van der Waals surface area contributed by atoms with Gasteiger partial charge in [-0.25, -0.2) is 0 Å². The number of hydrogen-bond donors (Lipinski definition) is 1. The Bertz CT molecular complexity index is 373. The summed E-state index contributed by atoms with van der Waals surface area (Å²) in [6, 6.07) is 10.2. The van der Waals surface area contributed by atoms with Crippen molar-refractivity contribution in [2.24, 2.45) is 0 Å². The topological polar surface area (TPSA) is 32.3 Å². The number of carbonyl (C=O) groups excluding carboxylic acids is 1. The highest BCUT2D eigenvalue weighted by molar-refractivity contribution is 5.92. The SMILES string of the molecule is C=C(C)C(=O)NCCN(CC)c1ccccc1. The summed E-state index contributed by atoms with van der Waals surface area (Å²) in [5, 5.41) is 2.84. The highest BCUT2D eigenvalue weighted by Crippen LogP contribution is 2.11. The van der Waals surface area contributed by atoms with E-state index in [1.54, 1.807) is 6.92 Å². The molecule has 0 saturated carbocycles. The lowest BCUT2D eigenvalue weighted by Gasteiger charge is -2.23. The summed E-state index contributed by atoms with van der Waals surface area (Å²) in [7, 11) is 0. The van der Waals surface area contributed by atoms with Crippen LogP contribution in [0.2, 0.25) is 0 Å². The first-order valence-electron chi connectivity index (χ1n) is 5.89. The molecule has 0 aromatic heterocycles. The molecule has 0 unspecified atom stereocenters. The Balaban J connectivity index is 2.44. The number of likely N-dealkylation sites (N-methyl/N-ethyl adjacent to an activating group) is 1. The van der Waals surface area contributed by atoms with Gasteiger partial charge in [-0.3, -0.25) is 4.79 Å². The summed E-state index contributed by atoms with van der Waals surface area (Å²) in [4.78, 5) is 13.5. The Morgan fingerprint density at radius 3 is 2.53 bits per heavy atom. The second-order valence-electron chi connectivity index (χ2n) is 3.95. The highest BCUT2D eigenvalue weighted by atomic mass is 16.1. The first-order chi connectivity index (χ1) is 8.15. The Kier molecular flexibility index (Phi) is 5.27. The molecule has 0 aliphatic rings. The average Bonchev–Trinajstić information content (AvgIpc) is 2.35. The van der Waals surface area contributed by atoms with Crippen molar-refractivity contribution in [2.75, 3.05) is 24.5 Å². The van der Waals surface area contributed by atoms with Gasteiger partial charge in [-0.15, -0.1) is 0 Å². The van der Waals surface area contributed by atoms with Gasteiger partial charge in [0.25, 0.3) is 0 Å². The minimum atomic E-state index is -0.0749. The predicted molar refractivity (Wildman–Crippen MR) is 72.2 cm³/mol. The van der Waals surface area contributed by atoms with Crippen molar-refractivity contribution in [3.8, 4) is 0 Å². The summed E-state index contributed by atoms with van der Waals surface area (Å²) in [6.45, 7) is 9.78. The van der Waals surface area contributed by atoms with E-state index in [0.29, 0.717) is 12.1 Å². The molecule has 3 nitrogen and oxygen atoms in total. The molecule has 1 aromatic rings. The Morgan fingerprint density at radius 2 is 2.00 bits per heavy atom. The van der Waals surface area contributed by atoms with Crippen LogP contribution in [0.5, 0.6) is 0 Å². The molecule has 0 fully saturated rings. The van der Waals surface area contributed by atoms with Crippen molar-refractivity contribution < 1.29 is 4.79 Å². The molecule has 0 spiro atoms. The number of benzene rings is 1. The van der Waals surface area contributed by atoms with Crippen LogP contribution < -0.4 is 10.2 Å². The fourth-order valence-corrected chi connectivity index (χ4v) is 1.56. The smallest absolute Gasteiger partial charge is 0.246 e. The van der Waals surface area contributed by atoms with E-state index in [0.717, 1.165) is 13.1 Å². The Morgan fingerprint density at radius 1 is 1.35 bits per heavy atom. The normalized spacial score (nSPS) is 9.76. The molecule has 0 aliphatic carbocycles. The summed E-state index contributed by atoms with van der Waals surface area (Å²) in [6.07, 6.45) is 0. The third kappa shape index (κ3) is 4.31. The van der Waals surface area contributed by atoms with Crippen LogP contribution in [-0.4, -0.2) is 25.5 Å². The maximum atomic E-state index is 11.3. The van der Waals surface area contributed by atoms with Crippen molar-refractivity contribution in [3.63, 3.8) is 0 Å². The van der Waals surface area contributed by atoms with E-state index in [-0.39, 0.29) is 5.91 Å². The fourth-order valence-electron chi connectivity index (χ4n) is 1.56. The molecule has 0 saturated heterocycles. The molecular weight excluding hydrogens is 212 g/mol. The molecule has 3 heteroatoms. The van der Waals surface area contributed by atoms with Gasteiger partial charge in [-0.2, -0.15) is 0 Å². The average molecular weight is 232 g/mol. The van der Waals surface area contributed by atoms with Gasteiger partial charge in [0.15, 0.2) is 0 Å². The van der Waals surface area contributed by atoms with E-state index < -0.39 is 0 Å². The number of nitrogens with one attached hydrogen (secondary N) is 1. The van der Waals surface area contributed by atoms with Crippen molar-refractivity contribution in [3.05, 3.63) is 42.5 Å². The molecule has 0 aliphatic heterocycles. The van der Waals surface area contributed by atoms with E-state index >= 15 is 0 Å². The molecule has 0 bridgehead atoms. The first kappa shape index (κ1) is 13.3.